The van der Waals surface area contributed by atoms with Crippen LogP contribution < -0.4 is 4.72 Å². The first-order chi connectivity index (χ1) is 7.36. The molecule has 86 valence electrons. The van der Waals surface area contributed by atoms with Crippen LogP contribution in [0.15, 0.2) is 18.2 Å². The smallest absolute Gasteiger partial charge is 0.235 e. The van der Waals surface area contributed by atoms with Gasteiger partial charge in [0.2, 0.25) is 10.0 Å². The number of hydrogen-bond donors (Lipinski definition) is 1. The van der Waals surface area contributed by atoms with Gasteiger partial charge in [-0.1, -0.05) is 11.6 Å². The Kier molecular flexibility index (Phi) is 3.79. The maximum absolute atomic E-state index is 11.6. The lowest BCUT2D eigenvalue weighted by molar-refractivity contribution is 0.593. The van der Waals surface area contributed by atoms with Crippen molar-refractivity contribution in [3.8, 4) is 6.07 Å². The molecule has 0 spiro atoms. The number of anilines is 1. The molecule has 0 radical (unpaired) electrons. The summed E-state index contributed by atoms with van der Waals surface area (Å²) in [6.07, 6.45) is 0. The van der Waals surface area contributed by atoms with Gasteiger partial charge in [0.25, 0.3) is 0 Å². The molecule has 1 N–H and O–H groups in total. The second-order valence-corrected chi connectivity index (χ2v) is 6.15. The summed E-state index contributed by atoms with van der Waals surface area (Å²) in [6.45, 7) is 3.14. The second-order valence-electron chi connectivity index (χ2n) is 3.50. The first kappa shape index (κ1) is 12.8. The van der Waals surface area contributed by atoms with Crippen molar-refractivity contribution in [2.45, 2.75) is 19.1 Å². The molecule has 1 rings (SSSR count). The van der Waals surface area contributed by atoms with E-state index in [4.69, 9.17) is 16.9 Å². The molecular formula is C10H11ClN2O2S. The normalized spacial score (nSPS) is 11.2. The molecule has 0 aromatic heterocycles. The molecule has 6 heteroatoms. The summed E-state index contributed by atoms with van der Waals surface area (Å²) in [7, 11) is -3.41. The third kappa shape index (κ3) is 2.87. The first-order valence-electron chi connectivity index (χ1n) is 4.58. The van der Waals surface area contributed by atoms with Crippen molar-refractivity contribution in [3.05, 3.63) is 28.8 Å². The van der Waals surface area contributed by atoms with Crippen molar-refractivity contribution < 1.29 is 8.42 Å². The van der Waals surface area contributed by atoms with Gasteiger partial charge in [0.15, 0.2) is 0 Å². The summed E-state index contributed by atoms with van der Waals surface area (Å²) < 4.78 is 25.5. The Hall–Kier alpha value is -1.25. The van der Waals surface area contributed by atoms with Crippen molar-refractivity contribution >= 4 is 27.3 Å². The number of sulfonamides is 1. The van der Waals surface area contributed by atoms with E-state index in [0.717, 1.165) is 0 Å². The largest absolute Gasteiger partial charge is 0.282 e. The zero-order valence-electron chi connectivity index (χ0n) is 8.86. The molecule has 0 bridgehead atoms. The summed E-state index contributed by atoms with van der Waals surface area (Å²) in [5.41, 5.74) is 0.673. The number of nitrogens with one attached hydrogen (secondary N) is 1. The Morgan fingerprint density at radius 1 is 1.44 bits per heavy atom. The number of nitriles is 1. The van der Waals surface area contributed by atoms with E-state index in [9.17, 15) is 8.42 Å². The predicted octanol–water partition coefficient (Wildman–Crippen LogP) is 2.36. The van der Waals surface area contributed by atoms with Gasteiger partial charge >= 0.3 is 0 Å². The van der Waals surface area contributed by atoms with E-state index < -0.39 is 15.3 Å². The third-order valence-electron chi connectivity index (χ3n) is 1.97. The van der Waals surface area contributed by atoms with Crippen LogP contribution in [0.5, 0.6) is 0 Å². The average molecular weight is 259 g/mol. The SMILES string of the molecule is CC(C)S(=O)(=O)Nc1ccc(C#N)cc1Cl. The molecule has 16 heavy (non-hydrogen) atoms. The van der Waals surface area contributed by atoms with Gasteiger partial charge in [0.1, 0.15) is 0 Å². The number of halogens is 1. The van der Waals surface area contributed by atoms with E-state index in [0.29, 0.717) is 5.56 Å². The molecule has 4 nitrogen and oxygen atoms in total. The Labute approximate surface area is 99.9 Å². The molecule has 0 aliphatic heterocycles. The highest BCUT2D eigenvalue weighted by atomic mass is 35.5. The molecule has 1 aromatic rings. The van der Waals surface area contributed by atoms with Crippen LogP contribution in [0.2, 0.25) is 5.02 Å². The Morgan fingerprint density at radius 3 is 2.50 bits per heavy atom. The van der Waals surface area contributed by atoms with Crippen molar-refractivity contribution in [1.82, 2.24) is 0 Å². The molecule has 0 saturated carbocycles. The van der Waals surface area contributed by atoms with Crippen LogP contribution in [0.1, 0.15) is 19.4 Å². The lowest BCUT2D eigenvalue weighted by Crippen LogP contribution is -2.22. The molecule has 0 aliphatic carbocycles. The van der Waals surface area contributed by atoms with Crippen LogP contribution in [0.3, 0.4) is 0 Å². The van der Waals surface area contributed by atoms with E-state index in [1.54, 1.807) is 13.8 Å². The van der Waals surface area contributed by atoms with E-state index >= 15 is 0 Å². The van der Waals surface area contributed by atoms with E-state index in [2.05, 4.69) is 4.72 Å². The van der Waals surface area contributed by atoms with Crippen molar-refractivity contribution in [2.75, 3.05) is 4.72 Å². The molecule has 0 unspecified atom stereocenters. The number of rotatable bonds is 3. The van der Waals surface area contributed by atoms with Gasteiger partial charge in [0.05, 0.1) is 27.6 Å². The average Bonchev–Trinajstić information content (AvgIpc) is 2.20. The van der Waals surface area contributed by atoms with Crippen LogP contribution in [-0.2, 0) is 10.0 Å². The highest BCUT2D eigenvalue weighted by molar-refractivity contribution is 7.93. The van der Waals surface area contributed by atoms with Gasteiger partial charge in [-0.05, 0) is 32.0 Å². The monoisotopic (exact) mass is 258 g/mol. The fourth-order valence-corrected chi connectivity index (χ4v) is 1.94. The Balaban J connectivity index is 3.05. The van der Waals surface area contributed by atoms with Gasteiger partial charge in [-0.2, -0.15) is 5.26 Å². The van der Waals surface area contributed by atoms with Gasteiger partial charge < -0.3 is 0 Å². The topological polar surface area (TPSA) is 70.0 Å². The summed E-state index contributed by atoms with van der Waals surface area (Å²) >= 11 is 5.84. The van der Waals surface area contributed by atoms with Crippen molar-refractivity contribution in [1.29, 1.82) is 5.26 Å². The summed E-state index contributed by atoms with van der Waals surface area (Å²) in [6, 6.07) is 6.31. The van der Waals surface area contributed by atoms with Crippen LogP contribution in [0.4, 0.5) is 5.69 Å². The summed E-state index contributed by atoms with van der Waals surface area (Å²) in [4.78, 5) is 0. The fourth-order valence-electron chi connectivity index (χ4n) is 0.939. The van der Waals surface area contributed by atoms with E-state index in [1.807, 2.05) is 6.07 Å². The highest BCUT2D eigenvalue weighted by Gasteiger charge is 2.16. The minimum Gasteiger partial charge on any atom is -0.282 e. The van der Waals surface area contributed by atoms with Crippen LogP contribution in [0, 0.1) is 11.3 Å². The number of hydrogen-bond acceptors (Lipinski definition) is 3. The molecule has 1 aromatic carbocycles. The summed E-state index contributed by atoms with van der Waals surface area (Å²) in [5.74, 6) is 0. The zero-order chi connectivity index (χ0) is 12.3. The predicted molar refractivity (Wildman–Crippen MR) is 63.8 cm³/mol. The molecule has 0 amide bonds. The molecule has 0 fully saturated rings. The lowest BCUT2D eigenvalue weighted by Gasteiger charge is -2.11. The van der Waals surface area contributed by atoms with E-state index in [-0.39, 0.29) is 10.7 Å². The third-order valence-corrected chi connectivity index (χ3v) is 4.03. The zero-order valence-corrected chi connectivity index (χ0v) is 10.4. The Morgan fingerprint density at radius 2 is 2.06 bits per heavy atom. The van der Waals surface area contributed by atoms with Crippen LogP contribution >= 0.6 is 11.6 Å². The van der Waals surface area contributed by atoms with Crippen molar-refractivity contribution in [3.63, 3.8) is 0 Å². The standard InChI is InChI=1S/C10H11ClN2O2S/c1-7(2)16(14,15)13-10-4-3-8(6-12)5-9(10)11/h3-5,7,13H,1-2H3. The van der Waals surface area contributed by atoms with Gasteiger partial charge in [-0.25, -0.2) is 8.42 Å². The number of benzene rings is 1. The van der Waals surface area contributed by atoms with Gasteiger partial charge in [-0.15, -0.1) is 0 Å². The van der Waals surface area contributed by atoms with E-state index in [1.165, 1.54) is 18.2 Å². The fraction of sp³-hybridized carbons (Fsp3) is 0.300. The van der Waals surface area contributed by atoms with Crippen LogP contribution in [-0.4, -0.2) is 13.7 Å². The van der Waals surface area contributed by atoms with Crippen molar-refractivity contribution in [2.24, 2.45) is 0 Å². The maximum atomic E-state index is 11.6. The van der Waals surface area contributed by atoms with Gasteiger partial charge in [-0.3, -0.25) is 4.72 Å². The molecule has 0 atom stereocenters. The minimum atomic E-state index is -3.41. The minimum absolute atomic E-state index is 0.211. The quantitative estimate of drug-likeness (QED) is 0.905. The lowest BCUT2D eigenvalue weighted by atomic mass is 10.2. The van der Waals surface area contributed by atoms with Crippen LogP contribution in [0.25, 0.3) is 0 Å². The second kappa shape index (κ2) is 4.73. The highest BCUT2D eigenvalue weighted by Crippen LogP contribution is 2.24. The molecule has 0 aliphatic rings. The maximum Gasteiger partial charge on any atom is 0.235 e. The van der Waals surface area contributed by atoms with Gasteiger partial charge in [0, 0.05) is 0 Å². The first-order valence-corrected chi connectivity index (χ1v) is 6.50. The number of nitrogens with zero attached hydrogens (tertiary/aromatic N) is 1. The summed E-state index contributed by atoms with van der Waals surface area (Å²) in [5, 5.41) is 8.30. The Bertz CT molecular complexity index is 532. The molecule has 0 heterocycles. The molecular weight excluding hydrogens is 248 g/mol. The molecule has 0 saturated heterocycles.